The first kappa shape index (κ1) is 64.5. The lowest BCUT2D eigenvalue weighted by atomic mass is 10.1. The first-order valence-corrected chi connectivity index (χ1v) is 26.3. The molecule has 21 nitrogen and oxygen atoms in total. The zero-order valence-corrected chi connectivity index (χ0v) is 43.5. The van der Waals surface area contributed by atoms with E-state index in [1.54, 1.807) is 0 Å². The Morgan fingerprint density at radius 1 is 0.789 bits per heavy atom. The molecule has 410 valence electrons. The van der Waals surface area contributed by atoms with Crippen molar-refractivity contribution in [1.29, 1.82) is 1.43 Å². The third-order valence-electron chi connectivity index (χ3n) is 12.2. The molecule has 1 aromatic carbocycles. The molecule has 0 spiro atoms. The molecular weight excluding hydrogens is 947 g/mol. The molecule has 4 fully saturated rings. The number of aliphatic carboxylic acids is 2. The monoisotopic (exact) mass is 1040 g/mol. The van der Waals surface area contributed by atoms with E-state index in [4.69, 9.17) is 32.4 Å². The third-order valence-corrected chi connectivity index (χ3v) is 16.8. The standard InChI is InChI=1S/C13H17NO4.C13H28OSi.C9H15NO5.C8H13NO4.C4H6O3.CH4O.CH4/c15-8-11-6-12(16)7-14(11)13(17)18-9-10-4-2-1-3-5-10;1-7-11-8-9-12(10-11)14-15(5,6)13(2,3)4;1-15-9(14)3-8(13)10-4-7(12)2-6(10)5-11;1-5-2-6(10)4-9(5)7(11)3-8(12)13;1-3(5)2-4(6)7;1-2;/h1-5,11-12,15-16H,6-9H2;11-12H,7-10H2,1-6H3;6-7,11-12H,2-5H2,1H3;5-6,10H,2-4H2,1H3,(H,12,13);2H2,1H3,(H,6,7);2H,1H3;1H4/t11-,12+;11-,12-;6-,7+;5-,6-;;;/m0001.../s1/i;;;1D;;2T;. The second kappa shape index (κ2) is 34.7. The number of rotatable bonds is 13. The lowest BCUT2D eigenvalue weighted by Crippen LogP contribution is -2.43. The van der Waals surface area contributed by atoms with E-state index in [0.717, 1.165) is 11.5 Å². The van der Waals surface area contributed by atoms with E-state index in [0.29, 0.717) is 30.4 Å². The maximum atomic E-state index is 11.8. The number of esters is 1. The molecule has 22 heteroatoms. The molecule has 0 bridgehead atoms. The SMILES string of the molecule is C.CC(=O)CC(=O)O.CC[C@H]1CC[C@H](O[Si](C)(C)C(C)(C)C)C1.COC(=O)CC(=O)N1C[C@H](O)C[C@H]1CO.O=C(OCc1ccccc1)N1C[C@H](O)C[C@H]1CO.[2H]C[C@@H]1C[C@@H](O)CN1C(=O)CC(=O)O.[3H]OC. The number of β-amino-alcohol motifs (C(OH)–C–C–N with tert-alkyl or cyclic N) is 3. The second-order valence-electron chi connectivity index (χ2n) is 19.0. The molecule has 1 saturated carbocycles. The van der Waals surface area contributed by atoms with E-state index in [2.05, 4.69) is 50.6 Å². The van der Waals surface area contributed by atoms with Crippen LogP contribution in [0.15, 0.2) is 30.3 Å². The third kappa shape index (κ3) is 26.6. The van der Waals surface area contributed by atoms with Crippen LogP contribution in [0.4, 0.5) is 4.79 Å². The van der Waals surface area contributed by atoms with Crippen LogP contribution in [0.25, 0.3) is 0 Å². The van der Waals surface area contributed by atoms with Gasteiger partial charge in [0.15, 0.2) is 8.32 Å². The highest BCUT2D eigenvalue weighted by atomic mass is 28.4. The van der Waals surface area contributed by atoms with Gasteiger partial charge in [-0.3, -0.25) is 28.8 Å². The predicted molar refractivity (Wildman–Crippen MR) is 266 cm³/mol. The number of aliphatic hydroxyl groups is 6. The average Bonchev–Trinajstić information content (AvgIpc) is 4.11. The van der Waals surface area contributed by atoms with Gasteiger partial charge in [0.2, 0.25) is 13.2 Å². The van der Waals surface area contributed by atoms with Gasteiger partial charge in [0.1, 0.15) is 31.7 Å². The number of aliphatic hydroxyl groups excluding tert-OH is 6. The highest BCUT2D eigenvalue weighted by Gasteiger charge is 2.41. The molecule has 1 aliphatic carbocycles. The van der Waals surface area contributed by atoms with E-state index < -0.39 is 74.9 Å². The van der Waals surface area contributed by atoms with Crippen molar-refractivity contribution in [3.63, 3.8) is 0 Å². The van der Waals surface area contributed by atoms with Gasteiger partial charge in [-0.2, -0.15) is 0 Å². The minimum Gasteiger partial charge on any atom is -0.481 e. The minimum absolute atomic E-state index is 0. The van der Waals surface area contributed by atoms with Crippen LogP contribution in [0.5, 0.6) is 0 Å². The molecule has 4 aliphatic rings. The van der Waals surface area contributed by atoms with Crippen LogP contribution < -0.4 is 0 Å². The van der Waals surface area contributed by atoms with Crippen molar-refractivity contribution < 1.29 is 89.7 Å². The van der Waals surface area contributed by atoms with E-state index in [9.17, 15) is 48.9 Å². The van der Waals surface area contributed by atoms with Gasteiger partial charge in [0, 0.05) is 33.7 Å². The fourth-order valence-electron chi connectivity index (χ4n) is 7.50. The molecule has 71 heavy (non-hydrogen) atoms. The van der Waals surface area contributed by atoms with Crippen LogP contribution in [0.3, 0.4) is 0 Å². The number of carbonyl (C=O) groups excluding carboxylic acids is 5. The van der Waals surface area contributed by atoms with E-state index in [1.165, 1.54) is 61.5 Å². The van der Waals surface area contributed by atoms with Crippen molar-refractivity contribution in [2.75, 3.05) is 47.1 Å². The topological polar surface area (TPSA) is 319 Å². The first-order valence-electron chi connectivity index (χ1n) is 24.5. The molecule has 0 radical (unpaired) electrons. The Hall–Kier alpha value is -4.55. The molecule has 3 amide bonds. The lowest BCUT2D eigenvalue weighted by molar-refractivity contribution is -0.148. The maximum Gasteiger partial charge on any atom is 0.410 e. The van der Waals surface area contributed by atoms with Crippen LogP contribution in [0, 0.1) is 5.92 Å². The smallest absolute Gasteiger partial charge is 0.410 e. The number of methoxy groups -OCH3 is 1. The van der Waals surface area contributed by atoms with Crippen molar-refractivity contribution >= 4 is 49.9 Å². The van der Waals surface area contributed by atoms with E-state index >= 15 is 0 Å². The van der Waals surface area contributed by atoms with E-state index in [1.807, 2.05) is 30.3 Å². The van der Waals surface area contributed by atoms with Crippen molar-refractivity contribution in [3.8, 4) is 0 Å². The number of nitrogens with zero attached hydrogens (tertiary/aromatic N) is 3. The van der Waals surface area contributed by atoms with Gasteiger partial charge in [-0.25, -0.2) is 4.79 Å². The summed E-state index contributed by atoms with van der Waals surface area (Å²) in [7, 11) is 0.986. The normalized spacial score (nSPS) is 23.5. The largest absolute Gasteiger partial charge is 0.481 e. The Morgan fingerprint density at radius 2 is 1.28 bits per heavy atom. The molecular formula is C49H87N3O18Si. The lowest BCUT2D eigenvalue weighted by Gasteiger charge is -2.38. The molecule has 3 aliphatic heterocycles. The number of carboxylic acids is 2. The van der Waals surface area contributed by atoms with Crippen molar-refractivity contribution in [1.82, 2.24) is 14.7 Å². The Balaban J connectivity index is 0. The summed E-state index contributed by atoms with van der Waals surface area (Å²) in [6.45, 7) is 15.6. The van der Waals surface area contributed by atoms with Crippen molar-refractivity contribution in [3.05, 3.63) is 35.9 Å². The number of ketones is 1. The van der Waals surface area contributed by atoms with Crippen LogP contribution in [0.2, 0.25) is 18.1 Å². The first-order chi connectivity index (χ1) is 33.6. The fourth-order valence-corrected chi connectivity index (χ4v) is 8.90. The summed E-state index contributed by atoms with van der Waals surface area (Å²) in [6.07, 6.45) is 3.42. The fraction of sp³-hybridized carbons (Fsp3) is 0.735. The molecule has 0 aromatic heterocycles. The second-order valence-corrected chi connectivity index (χ2v) is 23.7. The summed E-state index contributed by atoms with van der Waals surface area (Å²) >= 11 is 0. The van der Waals surface area contributed by atoms with Gasteiger partial charge in [-0.05, 0) is 82.0 Å². The van der Waals surface area contributed by atoms with Crippen molar-refractivity contribution in [2.45, 2.75) is 180 Å². The number of Topliss-reactive ketones (excluding diaryl/α,β-unsaturated/α-hetero) is 1. The number of carbonyl (C=O) groups is 7. The zero-order valence-electron chi connectivity index (χ0n) is 44.5. The summed E-state index contributed by atoms with van der Waals surface area (Å²) < 4.78 is 28.8. The highest BCUT2D eigenvalue weighted by molar-refractivity contribution is 6.74. The number of amides is 3. The van der Waals surface area contributed by atoms with Crippen LogP contribution in [-0.2, 0) is 49.3 Å². The van der Waals surface area contributed by atoms with Gasteiger partial charge < -0.3 is 69.5 Å². The number of ether oxygens (including phenoxy) is 2. The summed E-state index contributed by atoms with van der Waals surface area (Å²) in [4.78, 5) is 79.3. The Labute approximate surface area is 424 Å². The number of benzene rings is 1. The minimum atomic E-state index is -1.51. The maximum absolute atomic E-state index is 11.8. The number of likely N-dealkylation sites (tertiary alicyclic amines) is 3. The van der Waals surface area contributed by atoms with Gasteiger partial charge in [-0.15, -0.1) is 0 Å². The predicted octanol–water partition coefficient (Wildman–Crippen LogP) is 3.58. The molecule has 5 rings (SSSR count). The van der Waals surface area contributed by atoms with E-state index in [-0.39, 0.29) is 84.5 Å². The quantitative estimate of drug-likeness (QED) is 0.0795. The summed E-state index contributed by atoms with van der Waals surface area (Å²) in [5.74, 6) is -3.18. The summed E-state index contributed by atoms with van der Waals surface area (Å²) in [5.41, 5.74) is 0.908. The summed E-state index contributed by atoms with van der Waals surface area (Å²) in [6, 6.07) is 8.31. The summed E-state index contributed by atoms with van der Waals surface area (Å²) in [5, 5.41) is 66.3. The average molecular weight is 1040 g/mol. The van der Waals surface area contributed by atoms with Crippen LogP contribution in [-0.4, -0.2) is 197 Å². The number of hydrogen-bond donors (Lipinski definition) is 8. The Kier molecular flexibility index (Phi) is 31.5. The molecule has 3 saturated heterocycles. The molecule has 8 atom stereocenters. The number of hydrogen-bond acceptors (Lipinski definition) is 16. The Bertz CT molecular complexity index is 1780. The Morgan fingerprint density at radius 3 is 1.72 bits per heavy atom. The molecule has 1 aromatic rings. The van der Waals surface area contributed by atoms with Crippen molar-refractivity contribution in [2.24, 2.45) is 5.92 Å². The van der Waals surface area contributed by atoms with Crippen LogP contribution in [0.1, 0.15) is 120 Å². The molecule has 3 heterocycles. The van der Waals surface area contributed by atoms with Gasteiger partial charge >= 0.3 is 24.0 Å². The van der Waals surface area contributed by atoms with Gasteiger partial charge in [-0.1, -0.05) is 71.9 Å². The highest BCUT2D eigenvalue weighted by Crippen LogP contribution is 2.40. The zero-order chi connectivity index (χ0) is 55.4. The van der Waals surface area contributed by atoms with Gasteiger partial charge in [0.25, 0.3) is 0 Å². The van der Waals surface area contributed by atoms with Gasteiger partial charge in [0.05, 0.1) is 57.3 Å². The number of carboxylic acid groups (broad SMARTS) is 2. The molecule has 8 N–H and O–H groups in total. The molecule has 0 unspecified atom stereocenters. The van der Waals surface area contributed by atoms with Crippen LogP contribution >= 0.6 is 0 Å².